The topological polar surface area (TPSA) is 99.1 Å². The molecule has 0 spiro atoms. The highest BCUT2D eigenvalue weighted by atomic mass is 32.2. The Morgan fingerprint density at radius 1 is 1.39 bits per heavy atom. The van der Waals surface area contributed by atoms with Gasteiger partial charge in [-0.15, -0.1) is 0 Å². The number of nitrogens with two attached hydrogens (primary N) is 1. The number of hydrogen-bond acceptors (Lipinski definition) is 6. The Morgan fingerprint density at radius 3 is 2.94 bits per heavy atom. The van der Waals surface area contributed by atoms with Crippen LogP contribution in [0.2, 0.25) is 0 Å². The van der Waals surface area contributed by atoms with Gasteiger partial charge in [0.1, 0.15) is 0 Å². The van der Waals surface area contributed by atoms with Crippen LogP contribution in [0.4, 0.5) is 0 Å². The first-order chi connectivity index (χ1) is 8.60. The molecule has 6 nitrogen and oxygen atoms in total. The largest absolute Gasteiger partial charge is 0.338 e. The zero-order valence-electron chi connectivity index (χ0n) is 9.46. The summed E-state index contributed by atoms with van der Waals surface area (Å²) in [4.78, 5) is 4.45. The van der Waals surface area contributed by atoms with Crippen molar-refractivity contribution in [2.24, 2.45) is 5.73 Å². The summed E-state index contributed by atoms with van der Waals surface area (Å²) in [6.45, 7) is 0.163. The Bertz CT molecular complexity index is 706. The third-order valence-corrected chi connectivity index (χ3v) is 4.74. The Morgan fingerprint density at radius 2 is 2.22 bits per heavy atom. The van der Waals surface area contributed by atoms with Crippen molar-refractivity contribution < 1.29 is 12.9 Å². The predicted molar refractivity (Wildman–Crippen MR) is 63.4 cm³/mol. The molecule has 0 amide bonds. The highest BCUT2D eigenvalue weighted by Gasteiger charge is 2.26. The normalized spacial score (nSPS) is 16.7. The van der Waals surface area contributed by atoms with Crippen LogP contribution in [0.25, 0.3) is 11.4 Å². The predicted octanol–water partition coefficient (Wildman–Crippen LogP) is 0.525. The molecule has 0 saturated heterocycles. The molecule has 18 heavy (non-hydrogen) atoms. The Balaban J connectivity index is 2.10. The van der Waals surface area contributed by atoms with Gasteiger partial charge in [-0.05, 0) is 18.1 Å². The van der Waals surface area contributed by atoms with Crippen molar-refractivity contribution in [1.29, 1.82) is 0 Å². The number of fused-ring (bicyclic) bond motifs is 1. The van der Waals surface area contributed by atoms with Crippen LogP contribution in [0.15, 0.2) is 27.6 Å². The first-order valence-electron chi connectivity index (χ1n) is 5.49. The molecule has 0 unspecified atom stereocenters. The third kappa shape index (κ3) is 1.72. The van der Waals surface area contributed by atoms with Gasteiger partial charge in [0.15, 0.2) is 9.84 Å². The van der Waals surface area contributed by atoms with Gasteiger partial charge in [-0.25, -0.2) is 8.42 Å². The average molecular weight is 265 g/mol. The number of aromatic nitrogens is 2. The average Bonchev–Trinajstić information content (AvgIpc) is 2.95. The summed E-state index contributed by atoms with van der Waals surface area (Å²) >= 11 is 0. The number of benzene rings is 1. The molecule has 0 fully saturated rings. The lowest BCUT2D eigenvalue weighted by Gasteiger charge is -2.00. The molecule has 2 heterocycles. The van der Waals surface area contributed by atoms with E-state index in [0.29, 0.717) is 28.6 Å². The van der Waals surface area contributed by atoms with E-state index in [4.69, 9.17) is 10.3 Å². The van der Waals surface area contributed by atoms with Gasteiger partial charge in [-0.2, -0.15) is 4.98 Å². The first-order valence-corrected chi connectivity index (χ1v) is 7.14. The second kappa shape index (κ2) is 3.89. The molecule has 7 heteroatoms. The zero-order chi connectivity index (χ0) is 12.8. The van der Waals surface area contributed by atoms with Gasteiger partial charge in [-0.3, -0.25) is 0 Å². The van der Waals surface area contributed by atoms with E-state index in [1.807, 2.05) is 0 Å². The Labute approximate surface area is 104 Å². The van der Waals surface area contributed by atoms with Crippen molar-refractivity contribution in [3.8, 4) is 11.4 Å². The molecule has 1 aromatic heterocycles. The van der Waals surface area contributed by atoms with E-state index in [1.165, 1.54) is 0 Å². The standard InChI is InChI=1S/C11H11N3O3S/c12-6-10-13-11(14-17-10)8-2-1-7-3-4-18(15,16)9(7)5-8/h1-2,5H,3-4,6,12H2. The quantitative estimate of drug-likeness (QED) is 0.850. The van der Waals surface area contributed by atoms with E-state index in [1.54, 1.807) is 18.2 Å². The maximum Gasteiger partial charge on any atom is 0.240 e. The Hall–Kier alpha value is -1.73. The molecule has 2 aromatic rings. The molecule has 1 aliphatic rings. The lowest BCUT2D eigenvalue weighted by molar-refractivity contribution is 0.380. The van der Waals surface area contributed by atoms with E-state index in [-0.39, 0.29) is 12.3 Å². The maximum atomic E-state index is 11.8. The monoisotopic (exact) mass is 265 g/mol. The molecule has 94 valence electrons. The fraction of sp³-hybridized carbons (Fsp3) is 0.273. The third-order valence-electron chi connectivity index (χ3n) is 2.94. The van der Waals surface area contributed by atoms with Gasteiger partial charge >= 0.3 is 0 Å². The summed E-state index contributed by atoms with van der Waals surface area (Å²) in [5.41, 5.74) is 6.86. The summed E-state index contributed by atoms with van der Waals surface area (Å²) in [5.74, 6) is 0.861. The highest BCUT2D eigenvalue weighted by Crippen LogP contribution is 2.29. The number of aryl methyl sites for hydroxylation is 1. The molecule has 0 aliphatic carbocycles. The molecule has 3 rings (SSSR count). The first kappa shape index (κ1) is 11.4. The maximum absolute atomic E-state index is 11.8. The summed E-state index contributed by atoms with van der Waals surface area (Å²) in [7, 11) is -3.15. The number of rotatable bonds is 2. The van der Waals surface area contributed by atoms with Gasteiger partial charge in [0.05, 0.1) is 17.2 Å². The van der Waals surface area contributed by atoms with Crippen molar-refractivity contribution in [2.45, 2.75) is 17.9 Å². The van der Waals surface area contributed by atoms with Gasteiger partial charge < -0.3 is 10.3 Å². The Kier molecular flexibility index (Phi) is 2.46. The van der Waals surface area contributed by atoms with E-state index in [9.17, 15) is 8.42 Å². The van der Waals surface area contributed by atoms with Crippen LogP contribution in [0.1, 0.15) is 11.5 Å². The minimum absolute atomic E-state index is 0.163. The van der Waals surface area contributed by atoms with Crippen LogP contribution in [0, 0.1) is 0 Å². The smallest absolute Gasteiger partial charge is 0.240 e. The number of nitrogens with zero attached hydrogens (tertiary/aromatic N) is 2. The molecular formula is C11H11N3O3S. The molecule has 2 N–H and O–H groups in total. The number of hydrogen-bond donors (Lipinski definition) is 1. The molecule has 0 saturated carbocycles. The fourth-order valence-corrected chi connectivity index (χ4v) is 3.58. The second-order valence-corrected chi connectivity index (χ2v) is 6.18. The van der Waals surface area contributed by atoms with Crippen molar-refractivity contribution in [3.05, 3.63) is 29.7 Å². The van der Waals surface area contributed by atoms with Crippen molar-refractivity contribution in [1.82, 2.24) is 10.1 Å². The molecular weight excluding hydrogens is 254 g/mol. The summed E-state index contributed by atoms with van der Waals surface area (Å²) < 4.78 is 28.5. The molecule has 1 aliphatic heterocycles. The highest BCUT2D eigenvalue weighted by molar-refractivity contribution is 7.91. The van der Waals surface area contributed by atoms with Crippen LogP contribution in [-0.4, -0.2) is 24.3 Å². The van der Waals surface area contributed by atoms with E-state index >= 15 is 0 Å². The van der Waals surface area contributed by atoms with Crippen LogP contribution in [-0.2, 0) is 22.8 Å². The zero-order valence-corrected chi connectivity index (χ0v) is 10.3. The molecule has 0 radical (unpaired) electrons. The van der Waals surface area contributed by atoms with Crippen LogP contribution < -0.4 is 5.73 Å². The SMILES string of the molecule is NCc1nc(-c2ccc3c(c2)S(=O)(=O)CC3)no1. The number of sulfone groups is 1. The summed E-state index contributed by atoms with van der Waals surface area (Å²) in [5, 5.41) is 3.77. The minimum atomic E-state index is -3.15. The molecule has 0 bridgehead atoms. The molecule has 0 atom stereocenters. The van der Waals surface area contributed by atoms with E-state index in [2.05, 4.69) is 10.1 Å². The minimum Gasteiger partial charge on any atom is -0.338 e. The lowest BCUT2D eigenvalue weighted by atomic mass is 10.1. The van der Waals surface area contributed by atoms with E-state index in [0.717, 1.165) is 5.56 Å². The van der Waals surface area contributed by atoms with Crippen LogP contribution >= 0.6 is 0 Å². The van der Waals surface area contributed by atoms with Gasteiger partial charge in [0.25, 0.3) is 0 Å². The van der Waals surface area contributed by atoms with Gasteiger partial charge in [0.2, 0.25) is 11.7 Å². The van der Waals surface area contributed by atoms with Gasteiger partial charge in [0, 0.05) is 5.56 Å². The van der Waals surface area contributed by atoms with Crippen LogP contribution in [0.3, 0.4) is 0 Å². The van der Waals surface area contributed by atoms with Crippen molar-refractivity contribution >= 4 is 9.84 Å². The fourth-order valence-electron chi connectivity index (χ4n) is 2.00. The second-order valence-electron chi connectivity index (χ2n) is 4.11. The van der Waals surface area contributed by atoms with Gasteiger partial charge in [-0.1, -0.05) is 17.3 Å². The summed E-state index contributed by atoms with van der Waals surface area (Å²) in [6.07, 6.45) is 0.568. The molecule has 1 aromatic carbocycles. The van der Waals surface area contributed by atoms with E-state index < -0.39 is 9.84 Å². The van der Waals surface area contributed by atoms with Crippen molar-refractivity contribution in [3.63, 3.8) is 0 Å². The van der Waals surface area contributed by atoms with Crippen molar-refractivity contribution in [2.75, 3.05) is 5.75 Å². The summed E-state index contributed by atoms with van der Waals surface area (Å²) in [6, 6.07) is 5.20. The lowest BCUT2D eigenvalue weighted by Crippen LogP contribution is -1.99. The van der Waals surface area contributed by atoms with Crippen LogP contribution in [0.5, 0.6) is 0 Å².